The molecule has 6 heteroatoms. The number of rotatable bonds is 6. The van der Waals surface area contributed by atoms with Crippen LogP contribution in [-0.2, 0) is 11.2 Å². The molecule has 178 valence electrons. The molecule has 2 aromatic carbocycles. The molecule has 5 nitrogen and oxygen atoms in total. The molecular weight excluding hydrogens is 444 g/mol. The van der Waals surface area contributed by atoms with Gasteiger partial charge in [0.05, 0.1) is 0 Å². The molecule has 34 heavy (non-hydrogen) atoms. The minimum Gasteiger partial charge on any atom is -0.444 e. The van der Waals surface area contributed by atoms with Crippen molar-refractivity contribution < 1.29 is 14.3 Å². The van der Waals surface area contributed by atoms with Crippen LogP contribution >= 0.6 is 11.3 Å². The molecule has 1 amide bonds. The normalized spacial score (nSPS) is 14.0. The average Bonchev–Trinajstić information content (AvgIpc) is 3.35. The van der Waals surface area contributed by atoms with Crippen molar-refractivity contribution in [3.05, 3.63) is 71.1 Å². The third-order valence-electron chi connectivity index (χ3n) is 5.81. The van der Waals surface area contributed by atoms with Gasteiger partial charge in [-0.3, -0.25) is 10.1 Å². The van der Waals surface area contributed by atoms with E-state index >= 15 is 0 Å². The molecule has 0 atom stereocenters. The van der Waals surface area contributed by atoms with Crippen LogP contribution in [-0.4, -0.2) is 30.6 Å². The van der Waals surface area contributed by atoms with Crippen LogP contribution in [0.15, 0.2) is 60.0 Å². The third-order valence-corrected chi connectivity index (χ3v) is 6.73. The fourth-order valence-electron chi connectivity index (χ4n) is 4.16. The molecule has 1 N–H and O–H groups in total. The molecule has 0 radical (unpaired) electrons. The van der Waals surface area contributed by atoms with E-state index in [-0.39, 0.29) is 12.2 Å². The van der Waals surface area contributed by atoms with Crippen molar-refractivity contribution in [2.24, 2.45) is 0 Å². The number of ether oxygens (including phenoxy) is 1. The maximum atomic E-state index is 13.2. The minimum atomic E-state index is -0.604. The number of anilines is 2. The molecule has 1 aliphatic rings. The number of hydrogen-bond acceptors (Lipinski definition) is 5. The molecule has 1 aromatic heterocycles. The lowest BCUT2D eigenvalue weighted by Crippen LogP contribution is -2.29. The van der Waals surface area contributed by atoms with Gasteiger partial charge in [0.2, 0.25) is 0 Å². The van der Waals surface area contributed by atoms with Crippen LogP contribution in [0.1, 0.15) is 56.0 Å². The number of amides is 1. The summed E-state index contributed by atoms with van der Waals surface area (Å²) in [5, 5.41) is 4.86. The number of carbonyl (C=O) groups excluding carboxylic acids is 2. The van der Waals surface area contributed by atoms with Crippen LogP contribution in [0.2, 0.25) is 0 Å². The summed E-state index contributed by atoms with van der Waals surface area (Å²) in [6, 6.07) is 17.8. The lowest BCUT2D eigenvalue weighted by molar-refractivity contribution is 0.0635. The van der Waals surface area contributed by atoms with Crippen molar-refractivity contribution in [3.63, 3.8) is 0 Å². The first-order valence-electron chi connectivity index (χ1n) is 11.8. The number of carbonyl (C=O) groups is 2. The fraction of sp³-hybridized carbons (Fsp3) is 0.357. The van der Waals surface area contributed by atoms with Gasteiger partial charge in [-0.2, -0.15) is 0 Å². The van der Waals surface area contributed by atoms with E-state index in [1.807, 2.05) is 80.7 Å². The van der Waals surface area contributed by atoms with E-state index in [4.69, 9.17) is 4.74 Å². The second-order valence-electron chi connectivity index (χ2n) is 9.67. The summed E-state index contributed by atoms with van der Waals surface area (Å²) < 4.78 is 5.42. The first-order chi connectivity index (χ1) is 16.3. The highest BCUT2D eigenvalue weighted by Gasteiger charge is 2.19. The van der Waals surface area contributed by atoms with Crippen LogP contribution < -0.4 is 10.2 Å². The van der Waals surface area contributed by atoms with Gasteiger partial charge < -0.3 is 9.64 Å². The molecule has 1 aliphatic heterocycles. The molecule has 0 saturated carbocycles. The van der Waals surface area contributed by atoms with E-state index in [1.54, 1.807) is 11.3 Å². The lowest BCUT2D eigenvalue weighted by Gasteiger charge is -2.28. The fourth-order valence-corrected chi connectivity index (χ4v) is 4.88. The van der Waals surface area contributed by atoms with Crippen molar-refractivity contribution in [3.8, 4) is 10.4 Å². The first kappa shape index (κ1) is 24.0. The Hall–Kier alpha value is -3.12. The maximum Gasteiger partial charge on any atom is 0.412 e. The molecule has 3 aromatic rings. The first-order valence-corrected chi connectivity index (χ1v) is 12.7. The number of nitrogens with one attached hydrogen (secondary N) is 1. The average molecular weight is 477 g/mol. The third kappa shape index (κ3) is 6.26. The Labute approximate surface area is 205 Å². The zero-order chi connectivity index (χ0) is 24.1. The van der Waals surface area contributed by atoms with Crippen LogP contribution in [0.25, 0.3) is 10.4 Å². The van der Waals surface area contributed by atoms with Gasteiger partial charge in [0.1, 0.15) is 5.60 Å². The number of ketones is 1. The van der Waals surface area contributed by atoms with Crippen molar-refractivity contribution >= 4 is 34.6 Å². The SMILES string of the molecule is CC(C)(C)OC(=O)Nc1ccc(-c2cccs2)cc1CC(=O)c1ccc(N2CCCCC2)cc1. The molecular formula is C28H32N2O3S. The smallest absolute Gasteiger partial charge is 0.412 e. The van der Waals surface area contributed by atoms with Crippen LogP contribution in [0.5, 0.6) is 0 Å². The molecule has 0 spiro atoms. The van der Waals surface area contributed by atoms with E-state index in [2.05, 4.69) is 10.2 Å². The number of piperidine rings is 1. The zero-order valence-corrected chi connectivity index (χ0v) is 20.9. The number of hydrogen-bond donors (Lipinski definition) is 1. The predicted octanol–water partition coefficient (Wildman–Crippen LogP) is 7.18. The topological polar surface area (TPSA) is 58.6 Å². The molecule has 0 bridgehead atoms. The lowest BCUT2D eigenvalue weighted by atomic mass is 9.98. The van der Waals surface area contributed by atoms with Gasteiger partial charge in [0, 0.05) is 41.3 Å². The summed E-state index contributed by atoms with van der Waals surface area (Å²) in [6.07, 6.45) is 3.38. The summed E-state index contributed by atoms with van der Waals surface area (Å²) in [4.78, 5) is 29.1. The second kappa shape index (κ2) is 10.4. The van der Waals surface area contributed by atoms with E-state index in [0.717, 1.165) is 29.1 Å². The minimum absolute atomic E-state index is 0.0146. The summed E-state index contributed by atoms with van der Waals surface area (Å²) in [5.41, 5.74) is 3.61. The summed E-state index contributed by atoms with van der Waals surface area (Å²) in [7, 11) is 0. The molecule has 1 saturated heterocycles. The standard InChI is InChI=1S/C28H32N2O3S/c1-28(2,3)33-27(32)29-24-14-11-21(26-8-7-17-34-26)18-22(24)19-25(31)20-9-12-23(13-10-20)30-15-5-4-6-16-30/h7-14,17-18H,4-6,15-16,19H2,1-3H3,(H,29,32). The van der Waals surface area contributed by atoms with Gasteiger partial charge >= 0.3 is 6.09 Å². The Morgan fingerprint density at radius 2 is 1.74 bits per heavy atom. The van der Waals surface area contributed by atoms with Gasteiger partial charge in [-0.25, -0.2) is 4.79 Å². The van der Waals surface area contributed by atoms with Gasteiger partial charge in [-0.15, -0.1) is 11.3 Å². The molecule has 1 fully saturated rings. The van der Waals surface area contributed by atoms with Crippen molar-refractivity contribution in [2.75, 3.05) is 23.3 Å². The van der Waals surface area contributed by atoms with Crippen molar-refractivity contribution in [1.29, 1.82) is 0 Å². The van der Waals surface area contributed by atoms with Gasteiger partial charge in [0.25, 0.3) is 0 Å². The van der Waals surface area contributed by atoms with Gasteiger partial charge in [0.15, 0.2) is 5.78 Å². The molecule has 2 heterocycles. The number of Topliss-reactive ketones (excluding diaryl/α,β-unsaturated/α-hetero) is 1. The van der Waals surface area contributed by atoms with Gasteiger partial charge in [-0.1, -0.05) is 12.1 Å². The summed E-state index contributed by atoms with van der Waals surface area (Å²) in [5.74, 6) is 0.0146. The quantitative estimate of drug-likeness (QED) is 0.383. The van der Waals surface area contributed by atoms with Crippen LogP contribution in [0.3, 0.4) is 0 Å². The molecule has 0 aliphatic carbocycles. The summed E-state index contributed by atoms with van der Waals surface area (Å²) >= 11 is 1.64. The van der Waals surface area contributed by atoms with E-state index in [1.165, 1.54) is 24.9 Å². The highest BCUT2D eigenvalue weighted by molar-refractivity contribution is 7.13. The maximum absolute atomic E-state index is 13.2. The van der Waals surface area contributed by atoms with E-state index in [9.17, 15) is 9.59 Å². The molecule has 0 unspecified atom stereocenters. The monoisotopic (exact) mass is 476 g/mol. The van der Waals surface area contributed by atoms with Crippen LogP contribution in [0, 0.1) is 0 Å². The van der Waals surface area contributed by atoms with Gasteiger partial charge in [-0.05, 0) is 99.0 Å². The largest absolute Gasteiger partial charge is 0.444 e. The predicted molar refractivity (Wildman–Crippen MR) is 140 cm³/mol. The summed E-state index contributed by atoms with van der Waals surface area (Å²) in [6.45, 7) is 7.62. The Balaban J connectivity index is 1.55. The number of thiophene rings is 1. The molecule has 4 rings (SSSR count). The van der Waals surface area contributed by atoms with E-state index < -0.39 is 11.7 Å². The van der Waals surface area contributed by atoms with Crippen molar-refractivity contribution in [2.45, 2.75) is 52.1 Å². The number of benzene rings is 2. The second-order valence-corrected chi connectivity index (χ2v) is 10.6. The Morgan fingerprint density at radius 3 is 2.38 bits per heavy atom. The highest BCUT2D eigenvalue weighted by atomic mass is 32.1. The van der Waals surface area contributed by atoms with E-state index in [0.29, 0.717) is 11.3 Å². The highest BCUT2D eigenvalue weighted by Crippen LogP contribution is 2.30. The Morgan fingerprint density at radius 1 is 1.00 bits per heavy atom. The Kier molecular flexibility index (Phi) is 7.37. The van der Waals surface area contributed by atoms with Crippen molar-refractivity contribution in [1.82, 2.24) is 0 Å². The Bertz CT molecular complexity index is 1130. The zero-order valence-electron chi connectivity index (χ0n) is 20.1. The van der Waals surface area contributed by atoms with Crippen LogP contribution in [0.4, 0.5) is 16.2 Å². The number of nitrogens with zero attached hydrogens (tertiary/aromatic N) is 1.